The van der Waals surface area contributed by atoms with Crippen LogP contribution in [0, 0.1) is 23.2 Å². The summed E-state index contributed by atoms with van der Waals surface area (Å²) in [4.78, 5) is 48.0. The maximum absolute atomic E-state index is 14.3. The Morgan fingerprint density at radius 3 is 2.65 bits per heavy atom. The third-order valence-electron chi connectivity index (χ3n) is 10.6. The zero-order chi connectivity index (χ0) is 33.5. The van der Waals surface area contributed by atoms with Crippen LogP contribution in [0.1, 0.15) is 71.6 Å². The molecule has 262 valence electrons. The van der Waals surface area contributed by atoms with E-state index in [-0.39, 0.29) is 55.3 Å². The van der Waals surface area contributed by atoms with Gasteiger partial charge in [-0.1, -0.05) is 32.4 Å². The molecule has 1 aromatic carbocycles. The number of hydrogen-bond donors (Lipinski definition) is 2. The second-order valence-corrected chi connectivity index (χ2v) is 16.0. The minimum atomic E-state index is -3.80. The molecule has 2 aliphatic heterocycles. The van der Waals surface area contributed by atoms with Gasteiger partial charge in [-0.3, -0.25) is 19.1 Å². The lowest BCUT2D eigenvalue weighted by Gasteiger charge is -2.31. The quantitative estimate of drug-likeness (QED) is 0.401. The number of amides is 2. The number of rotatable bonds is 7. The predicted molar refractivity (Wildman–Crippen MR) is 184 cm³/mol. The third kappa shape index (κ3) is 7.35. The molecule has 2 aromatic rings. The second kappa shape index (κ2) is 14.3. The molecule has 6 rings (SSSR count). The first-order chi connectivity index (χ1) is 22.5. The fraction of sp³-hybridized carbons (Fsp3) is 0.600. The molecule has 13 heteroatoms. The summed E-state index contributed by atoms with van der Waals surface area (Å²) in [6, 6.07) is 5.76. The largest absolute Gasteiger partial charge is 0.497 e. The molecule has 0 bridgehead atoms. The van der Waals surface area contributed by atoms with Crippen LogP contribution in [0.5, 0.6) is 11.6 Å². The van der Waals surface area contributed by atoms with E-state index in [0.29, 0.717) is 36.8 Å². The van der Waals surface area contributed by atoms with Gasteiger partial charge >= 0.3 is 0 Å². The van der Waals surface area contributed by atoms with Crippen LogP contribution in [0.2, 0.25) is 0 Å². The molecule has 2 amide bonds. The normalized spacial score (nSPS) is 31.8. The fourth-order valence-corrected chi connectivity index (χ4v) is 8.81. The Balaban J connectivity index is 0.00000451. The van der Waals surface area contributed by atoms with Crippen LogP contribution in [-0.2, 0) is 24.4 Å². The van der Waals surface area contributed by atoms with Crippen molar-refractivity contribution in [2.24, 2.45) is 28.9 Å². The first kappa shape index (κ1) is 36.1. The summed E-state index contributed by atoms with van der Waals surface area (Å²) in [7, 11) is -2.20. The Morgan fingerprint density at radius 1 is 1.17 bits per heavy atom. The van der Waals surface area contributed by atoms with Crippen molar-refractivity contribution in [2.45, 2.75) is 95.1 Å². The minimum absolute atomic E-state index is 0. The van der Waals surface area contributed by atoms with Crippen molar-refractivity contribution in [1.29, 1.82) is 0 Å². The molecule has 2 saturated carbocycles. The number of methoxy groups -OCH3 is 1. The van der Waals surface area contributed by atoms with Crippen molar-refractivity contribution < 1.29 is 32.3 Å². The molecule has 48 heavy (non-hydrogen) atoms. The van der Waals surface area contributed by atoms with E-state index in [9.17, 15) is 22.8 Å². The van der Waals surface area contributed by atoms with E-state index in [2.05, 4.69) is 16.6 Å². The number of pyridine rings is 1. The van der Waals surface area contributed by atoms with Crippen LogP contribution in [0.15, 0.2) is 42.6 Å². The third-order valence-corrected chi connectivity index (χ3v) is 12.4. The highest BCUT2D eigenvalue weighted by molar-refractivity contribution is 7.90. The number of carbonyl (C=O) groups is 3. The zero-order valence-electron chi connectivity index (χ0n) is 27.8. The molecule has 3 fully saturated rings. The number of allylic oxidation sites excluding steroid dienone is 2. The molecule has 3 N–H and O–H groups in total. The van der Waals surface area contributed by atoms with Crippen LogP contribution >= 0.6 is 12.4 Å². The van der Waals surface area contributed by atoms with Gasteiger partial charge in [-0.2, -0.15) is 0 Å². The SMILES string of the molecule is CC[C@@H]1C[C@H](C)CC/C=C\[C@@H]2C[C@@]2(C(=O)NS(=O)(=O)C2CC2)CC(=O)[C@@H]2C[C@@H](Oc3nccc4cc(OC)ccc34)CN2C(=O)[C@H]1N.Cl. The van der Waals surface area contributed by atoms with E-state index in [1.165, 1.54) is 0 Å². The summed E-state index contributed by atoms with van der Waals surface area (Å²) in [5.74, 6) is -0.160. The molecule has 4 aliphatic rings. The number of hydrogen-bond acceptors (Lipinski definition) is 9. The Hall–Kier alpha value is -3.22. The van der Waals surface area contributed by atoms with Gasteiger partial charge in [0.2, 0.25) is 27.7 Å². The summed E-state index contributed by atoms with van der Waals surface area (Å²) in [6.45, 7) is 4.33. The first-order valence-corrected chi connectivity index (χ1v) is 18.4. The van der Waals surface area contributed by atoms with Crippen LogP contribution < -0.4 is 19.9 Å². The monoisotopic (exact) mass is 702 g/mol. The highest BCUT2D eigenvalue weighted by atomic mass is 35.5. The average molecular weight is 703 g/mol. The lowest BCUT2D eigenvalue weighted by molar-refractivity contribution is -0.141. The van der Waals surface area contributed by atoms with Gasteiger partial charge in [-0.05, 0) is 85.9 Å². The van der Waals surface area contributed by atoms with Gasteiger partial charge in [0.25, 0.3) is 0 Å². The number of aromatic nitrogens is 1. The molecular weight excluding hydrogens is 656 g/mol. The summed E-state index contributed by atoms with van der Waals surface area (Å²) >= 11 is 0. The summed E-state index contributed by atoms with van der Waals surface area (Å²) in [5.41, 5.74) is 5.50. The fourth-order valence-electron chi connectivity index (χ4n) is 7.43. The van der Waals surface area contributed by atoms with E-state index in [1.54, 1.807) is 18.2 Å². The maximum atomic E-state index is 14.3. The number of nitrogens with one attached hydrogen (secondary N) is 1. The van der Waals surface area contributed by atoms with Crippen LogP contribution in [0.4, 0.5) is 0 Å². The maximum Gasteiger partial charge on any atom is 0.240 e. The summed E-state index contributed by atoms with van der Waals surface area (Å²) < 4.78 is 39.6. The lowest BCUT2D eigenvalue weighted by atomic mass is 9.85. The molecule has 3 heterocycles. The molecule has 0 spiro atoms. The van der Waals surface area contributed by atoms with Gasteiger partial charge in [-0.15, -0.1) is 12.4 Å². The number of Topliss-reactive ketones (excluding diaryl/α,β-unsaturated/α-hetero) is 1. The Kier molecular flexibility index (Phi) is 10.8. The molecule has 7 atom stereocenters. The van der Waals surface area contributed by atoms with Gasteiger partial charge in [0.1, 0.15) is 11.9 Å². The predicted octanol–water partition coefficient (Wildman–Crippen LogP) is 4.32. The lowest BCUT2D eigenvalue weighted by Crippen LogP contribution is -2.52. The molecule has 11 nitrogen and oxygen atoms in total. The number of nitrogens with zero attached hydrogens (tertiary/aromatic N) is 2. The van der Waals surface area contributed by atoms with Crippen molar-refractivity contribution in [3.63, 3.8) is 0 Å². The van der Waals surface area contributed by atoms with Crippen molar-refractivity contribution in [1.82, 2.24) is 14.6 Å². The number of ether oxygens (including phenoxy) is 2. The number of halogens is 1. The Bertz CT molecular complexity index is 1680. The molecular formula is C35H47ClN4O7S. The molecule has 1 saturated heterocycles. The Morgan fingerprint density at radius 2 is 1.94 bits per heavy atom. The zero-order valence-corrected chi connectivity index (χ0v) is 29.4. The minimum Gasteiger partial charge on any atom is -0.497 e. The number of nitrogens with two attached hydrogens (primary N) is 1. The Labute approximate surface area is 288 Å². The van der Waals surface area contributed by atoms with Crippen molar-refractivity contribution >= 4 is 50.8 Å². The highest BCUT2D eigenvalue weighted by Crippen LogP contribution is 2.57. The standard InChI is InChI=1S/C35H46N4O7S.ClH/c1-4-22-15-21(2)7-5-6-8-24-18-35(24,34(42)38-47(43,44)27-10-11-27)19-30(40)29-17-26(20-39(29)33(41)31(22)36)46-32-28-12-9-25(45-3)16-23(28)13-14-37-32;/h6,8-9,12-14,16,21-22,24,26-27,29,31H,4-5,7,10-11,15,17-20,36H2,1-3H3,(H,38,42);1H/b8-6-;/t21-,22-,24-,26-,29+,31+,35-;/m1./s1. The van der Waals surface area contributed by atoms with Crippen molar-refractivity contribution in [2.75, 3.05) is 13.7 Å². The van der Waals surface area contributed by atoms with Gasteiger partial charge in [-0.25, -0.2) is 13.4 Å². The van der Waals surface area contributed by atoms with E-state index < -0.39 is 44.8 Å². The molecule has 0 radical (unpaired) electrons. The van der Waals surface area contributed by atoms with Gasteiger partial charge in [0.15, 0.2) is 5.78 Å². The van der Waals surface area contributed by atoms with E-state index in [4.69, 9.17) is 15.2 Å². The second-order valence-electron chi connectivity index (χ2n) is 14.0. The van der Waals surface area contributed by atoms with Crippen molar-refractivity contribution in [3.8, 4) is 11.6 Å². The first-order valence-electron chi connectivity index (χ1n) is 16.9. The number of carbonyl (C=O) groups excluding carboxylic acids is 3. The van der Waals surface area contributed by atoms with Crippen LogP contribution in [0.3, 0.4) is 0 Å². The molecule has 2 aliphatic carbocycles. The van der Waals surface area contributed by atoms with Gasteiger partial charge in [0.05, 0.1) is 36.4 Å². The van der Waals surface area contributed by atoms with E-state index >= 15 is 0 Å². The van der Waals surface area contributed by atoms with Crippen LogP contribution in [-0.4, -0.2) is 73.0 Å². The summed E-state index contributed by atoms with van der Waals surface area (Å²) in [6.07, 6.45) is 9.73. The number of fused-ring (bicyclic) bond motifs is 3. The van der Waals surface area contributed by atoms with Gasteiger partial charge < -0.3 is 20.1 Å². The van der Waals surface area contributed by atoms with Crippen molar-refractivity contribution in [3.05, 3.63) is 42.6 Å². The highest BCUT2D eigenvalue weighted by Gasteiger charge is 2.61. The van der Waals surface area contributed by atoms with Crippen LogP contribution in [0.25, 0.3) is 10.8 Å². The smallest absolute Gasteiger partial charge is 0.240 e. The number of ketones is 1. The molecule has 1 aromatic heterocycles. The van der Waals surface area contributed by atoms with E-state index in [0.717, 1.165) is 36.5 Å². The van der Waals surface area contributed by atoms with E-state index in [1.807, 2.05) is 43.3 Å². The topological polar surface area (TPSA) is 158 Å². The number of sulfonamides is 1. The average Bonchev–Trinajstić information content (AvgIpc) is 3.98. The van der Waals surface area contributed by atoms with Gasteiger partial charge in [0, 0.05) is 24.4 Å². The summed E-state index contributed by atoms with van der Waals surface area (Å²) in [5, 5.41) is 1.08. The number of benzene rings is 1. The molecule has 0 unspecified atom stereocenters.